The number of carbonyl (C=O) groups excluding carboxylic acids is 1. The molecule has 4 rings (SSSR count). The van der Waals surface area contributed by atoms with E-state index >= 15 is 0 Å². The van der Waals surface area contributed by atoms with Gasteiger partial charge in [0.25, 0.3) is 5.91 Å². The van der Waals surface area contributed by atoms with Crippen LogP contribution in [0, 0.1) is 0 Å². The molecule has 1 aromatic carbocycles. The Morgan fingerprint density at radius 3 is 2.86 bits per heavy atom. The number of carbonyl (C=O) groups is 1. The van der Waals surface area contributed by atoms with E-state index in [4.69, 9.17) is 9.72 Å². The minimum absolute atomic E-state index is 0.0161. The van der Waals surface area contributed by atoms with Crippen LogP contribution in [0.1, 0.15) is 33.4 Å². The summed E-state index contributed by atoms with van der Waals surface area (Å²) >= 11 is 0. The van der Waals surface area contributed by atoms with Gasteiger partial charge in [0, 0.05) is 37.5 Å². The normalized spacial score (nSPS) is 16.4. The van der Waals surface area contributed by atoms with Crippen molar-refractivity contribution in [2.45, 2.75) is 12.5 Å². The monoisotopic (exact) mass is 388 g/mol. The Hall–Kier alpha value is -3.25. The first kappa shape index (κ1) is 19.1. The van der Waals surface area contributed by atoms with Crippen LogP contribution in [-0.4, -0.2) is 47.5 Å². The summed E-state index contributed by atoms with van der Waals surface area (Å²) < 4.78 is 5.95. The number of hydrogen-bond acceptors (Lipinski definition) is 5. The number of benzene rings is 1. The maximum Gasteiger partial charge on any atom is 0.254 e. The minimum atomic E-state index is -0.228. The van der Waals surface area contributed by atoms with Crippen LogP contribution in [0.5, 0.6) is 0 Å². The van der Waals surface area contributed by atoms with Gasteiger partial charge in [-0.05, 0) is 29.8 Å². The van der Waals surface area contributed by atoms with Gasteiger partial charge in [0.1, 0.15) is 11.9 Å². The molecule has 3 aromatic rings. The van der Waals surface area contributed by atoms with Crippen molar-refractivity contribution in [1.29, 1.82) is 0 Å². The Morgan fingerprint density at radius 1 is 1.17 bits per heavy atom. The molecule has 1 aliphatic heterocycles. The zero-order chi connectivity index (χ0) is 20.1. The predicted octanol–water partition coefficient (Wildman–Crippen LogP) is 3.32. The maximum absolute atomic E-state index is 12.9. The second-order valence-electron chi connectivity index (χ2n) is 7.01. The highest BCUT2D eigenvalue weighted by molar-refractivity contribution is 5.94. The van der Waals surface area contributed by atoms with E-state index in [2.05, 4.69) is 22.4 Å². The second kappa shape index (κ2) is 8.84. The first-order chi connectivity index (χ1) is 14.2. The van der Waals surface area contributed by atoms with Crippen molar-refractivity contribution in [1.82, 2.24) is 14.9 Å². The number of nitrogens with zero attached hydrogens (tertiary/aromatic N) is 3. The lowest BCUT2D eigenvalue weighted by atomic mass is 10.1. The first-order valence-corrected chi connectivity index (χ1v) is 9.77. The Morgan fingerprint density at radius 2 is 2.03 bits per heavy atom. The molecule has 6 nitrogen and oxygen atoms in total. The van der Waals surface area contributed by atoms with Crippen molar-refractivity contribution in [2.24, 2.45) is 0 Å². The summed E-state index contributed by atoms with van der Waals surface area (Å²) in [6, 6.07) is 19.8. The molecule has 1 amide bonds. The van der Waals surface area contributed by atoms with Gasteiger partial charge in [0.2, 0.25) is 0 Å². The summed E-state index contributed by atoms with van der Waals surface area (Å²) in [5.74, 6) is 0.661. The quantitative estimate of drug-likeness (QED) is 0.726. The van der Waals surface area contributed by atoms with E-state index in [0.29, 0.717) is 31.1 Å². The number of hydrogen-bond donors (Lipinski definition) is 1. The number of rotatable bonds is 5. The Labute approximate surface area is 170 Å². The molecule has 29 heavy (non-hydrogen) atoms. The lowest BCUT2D eigenvalue weighted by molar-refractivity contribution is -0.0247. The number of pyridine rings is 2. The lowest BCUT2D eigenvalue weighted by Crippen LogP contribution is -2.42. The molecule has 6 heteroatoms. The van der Waals surface area contributed by atoms with E-state index in [1.54, 1.807) is 25.4 Å². The van der Waals surface area contributed by atoms with Gasteiger partial charge in [-0.15, -0.1) is 0 Å². The van der Waals surface area contributed by atoms with Crippen LogP contribution in [0.2, 0.25) is 0 Å². The summed E-state index contributed by atoms with van der Waals surface area (Å²) in [4.78, 5) is 23.8. The second-order valence-corrected chi connectivity index (χ2v) is 7.01. The van der Waals surface area contributed by atoms with Crippen molar-refractivity contribution < 1.29 is 9.53 Å². The van der Waals surface area contributed by atoms with Crippen molar-refractivity contribution >= 4 is 11.7 Å². The standard InChI is InChI=1S/C23H24N4O2/c1-24-22-15-18(10-11-25-22)23(28)27-12-13-29-21(16-27)20-9-5-8-19(26-20)14-17-6-3-2-4-7-17/h2-11,15,21H,12-14,16H2,1H3,(H,24,25)/t21-/m1/s1. The lowest BCUT2D eigenvalue weighted by Gasteiger charge is -2.33. The first-order valence-electron chi connectivity index (χ1n) is 9.77. The molecule has 148 valence electrons. The molecule has 0 unspecified atom stereocenters. The number of anilines is 1. The highest BCUT2D eigenvalue weighted by Gasteiger charge is 2.27. The number of morpholine rings is 1. The SMILES string of the molecule is CNc1cc(C(=O)N2CCO[C@@H](c3cccc(Cc4ccccc4)n3)C2)ccn1. The molecule has 1 atom stereocenters. The molecule has 1 aliphatic rings. The molecule has 0 bridgehead atoms. The third-order valence-corrected chi connectivity index (χ3v) is 5.00. The molecule has 0 saturated carbocycles. The zero-order valence-electron chi connectivity index (χ0n) is 16.4. The van der Waals surface area contributed by atoms with Crippen molar-refractivity contribution in [3.05, 3.63) is 89.4 Å². The number of aromatic nitrogens is 2. The molecule has 0 radical (unpaired) electrons. The number of amides is 1. The number of nitrogens with one attached hydrogen (secondary N) is 1. The topological polar surface area (TPSA) is 67.4 Å². The van der Waals surface area contributed by atoms with Crippen molar-refractivity contribution in [3.63, 3.8) is 0 Å². The molecule has 2 aromatic heterocycles. The average molecular weight is 388 g/mol. The van der Waals surface area contributed by atoms with Gasteiger partial charge in [-0.1, -0.05) is 36.4 Å². The summed E-state index contributed by atoms with van der Waals surface area (Å²) in [6.07, 6.45) is 2.19. The zero-order valence-corrected chi connectivity index (χ0v) is 16.4. The fourth-order valence-electron chi connectivity index (χ4n) is 3.48. The van der Waals surface area contributed by atoms with E-state index in [1.165, 1.54) is 5.56 Å². The molecule has 1 N–H and O–H groups in total. The third kappa shape index (κ3) is 4.60. The highest BCUT2D eigenvalue weighted by atomic mass is 16.5. The molecule has 3 heterocycles. The summed E-state index contributed by atoms with van der Waals surface area (Å²) in [6.45, 7) is 1.54. The van der Waals surface area contributed by atoms with Crippen LogP contribution in [0.15, 0.2) is 66.9 Å². The van der Waals surface area contributed by atoms with Gasteiger partial charge in [0.05, 0.1) is 18.8 Å². The fourth-order valence-corrected chi connectivity index (χ4v) is 3.48. The Bertz CT molecular complexity index is 977. The largest absolute Gasteiger partial charge is 0.373 e. The van der Waals surface area contributed by atoms with Gasteiger partial charge in [-0.25, -0.2) is 4.98 Å². The van der Waals surface area contributed by atoms with Gasteiger partial charge in [0.15, 0.2) is 0 Å². The van der Waals surface area contributed by atoms with Crippen LogP contribution in [0.3, 0.4) is 0 Å². The van der Waals surface area contributed by atoms with E-state index in [9.17, 15) is 4.79 Å². The Balaban J connectivity index is 1.48. The van der Waals surface area contributed by atoms with Crippen LogP contribution >= 0.6 is 0 Å². The smallest absolute Gasteiger partial charge is 0.254 e. The molecule has 0 aliphatic carbocycles. The number of ether oxygens (including phenoxy) is 1. The van der Waals surface area contributed by atoms with E-state index in [0.717, 1.165) is 17.8 Å². The van der Waals surface area contributed by atoms with Crippen LogP contribution in [0.25, 0.3) is 0 Å². The van der Waals surface area contributed by atoms with Crippen molar-refractivity contribution in [2.75, 3.05) is 32.1 Å². The van der Waals surface area contributed by atoms with Gasteiger partial charge < -0.3 is 15.0 Å². The molecule has 1 saturated heterocycles. The predicted molar refractivity (Wildman–Crippen MR) is 112 cm³/mol. The summed E-state index contributed by atoms with van der Waals surface area (Å²) in [5, 5.41) is 2.97. The van der Waals surface area contributed by atoms with Crippen molar-refractivity contribution in [3.8, 4) is 0 Å². The van der Waals surface area contributed by atoms with Gasteiger partial charge in [-0.2, -0.15) is 0 Å². The average Bonchev–Trinajstić information content (AvgIpc) is 2.79. The molecule has 0 spiro atoms. The molecular weight excluding hydrogens is 364 g/mol. The fraction of sp³-hybridized carbons (Fsp3) is 0.261. The highest BCUT2D eigenvalue weighted by Crippen LogP contribution is 2.23. The minimum Gasteiger partial charge on any atom is -0.373 e. The summed E-state index contributed by atoms with van der Waals surface area (Å²) in [7, 11) is 1.79. The molecule has 1 fully saturated rings. The Kier molecular flexibility index (Phi) is 5.81. The van der Waals surface area contributed by atoms with Crippen LogP contribution in [0.4, 0.5) is 5.82 Å². The molecular formula is C23H24N4O2. The van der Waals surface area contributed by atoms with E-state index in [-0.39, 0.29) is 12.0 Å². The van der Waals surface area contributed by atoms with Gasteiger partial charge in [-0.3, -0.25) is 9.78 Å². The van der Waals surface area contributed by atoms with Crippen LogP contribution in [-0.2, 0) is 11.2 Å². The van der Waals surface area contributed by atoms with Crippen LogP contribution < -0.4 is 5.32 Å². The summed E-state index contributed by atoms with van der Waals surface area (Å²) in [5.41, 5.74) is 3.70. The van der Waals surface area contributed by atoms with E-state index < -0.39 is 0 Å². The van der Waals surface area contributed by atoms with Gasteiger partial charge >= 0.3 is 0 Å². The third-order valence-electron chi connectivity index (χ3n) is 5.00. The van der Waals surface area contributed by atoms with E-state index in [1.807, 2.05) is 41.3 Å². The maximum atomic E-state index is 12.9.